The van der Waals surface area contributed by atoms with E-state index in [9.17, 15) is 4.79 Å². The van der Waals surface area contributed by atoms with Crippen molar-refractivity contribution in [3.8, 4) is 11.5 Å². The average molecular weight is 431 g/mol. The summed E-state index contributed by atoms with van der Waals surface area (Å²) in [5.41, 5.74) is 0.628. The molecule has 1 rings (SSSR count). The molecule has 0 bridgehead atoms. The van der Waals surface area contributed by atoms with E-state index in [0.29, 0.717) is 23.5 Å². The number of carbonyl (C=O) groups is 1. The van der Waals surface area contributed by atoms with Crippen LogP contribution in [0.25, 0.3) is 0 Å². The van der Waals surface area contributed by atoms with Crippen molar-refractivity contribution >= 4 is 30.0 Å². The zero-order valence-electron chi connectivity index (χ0n) is 16.5. The first-order valence-electron chi connectivity index (χ1n) is 8.62. The molecule has 0 radical (unpaired) electrons. The van der Waals surface area contributed by atoms with Gasteiger partial charge in [-0.1, -0.05) is 20.8 Å². The molecule has 0 fully saturated rings. The molecular weight excluding hydrogens is 400 g/mol. The second-order valence-electron chi connectivity index (χ2n) is 7.68. The molecule has 0 saturated heterocycles. The van der Waals surface area contributed by atoms with Crippen LogP contribution in [0.15, 0.2) is 16.6 Å². The van der Waals surface area contributed by atoms with Crippen molar-refractivity contribution in [1.29, 1.82) is 0 Å². The smallest absolute Gasteiger partial charge is 0.191 e. The quantitative estimate of drug-likeness (QED) is 0.280. The van der Waals surface area contributed by atoms with Gasteiger partial charge < -0.3 is 13.9 Å². The predicted molar refractivity (Wildman–Crippen MR) is 109 cm³/mol. The first-order valence-corrected chi connectivity index (χ1v) is 12.3. The molecule has 0 spiro atoms. The summed E-state index contributed by atoms with van der Waals surface area (Å²) < 4.78 is 17.4. The number of rotatable bonds is 9. The summed E-state index contributed by atoms with van der Waals surface area (Å²) in [6.45, 7) is 11.9. The maximum atomic E-state index is 12.5. The van der Waals surface area contributed by atoms with E-state index in [1.165, 1.54) is 0 Å². The van der Waals surface area contributed by atoms with E-state index in [1.54, 1.807) is 26.4 Å². The normalized spacial score (nSPS) is 12.2. The van der Waals surface area contributed by atoms with Crippen LogP contribution >= 0.6 is 15.9 Å². The fourth-order valence-corrected chi connectivity index (χ4v) is 3.77. The Morgan fingerprint density at radius 2 is 1.64 bits per heavy atom. The molecule has 4 nitrogen and oxygen atoms in total. The molecule has 0 aliphatic carbocycles. The van der Waals surface area contributed by atoms with Crippen LogP contribution in [-0.2, 0) is 4.43 Å². The number of halogens is 1. The second-order valence-corrected chi connectivity index (χ2v) is 13.3. The van der Waals surface area contributed by atoms with Gasteiger partial charge in [0.25, 0.3) is 0 Å². The van der Waals surface area contributed by atoms with Crippen LogP contribution in [0.4, 0.5) is 0 Å². The number of carbonyl (C=O) groups excluding carboxylic acids is 1. The van der Waals surface area contributed by atoms with Gasteiger partial charge in [-0.05, 0) is 59.0 Å². The molecule has 0 aromatic heterocycles. The van der Waals surface area contributed by atoms with Gasteiger partial charge in [-0.15, -0.1) is 0 Å². The van der Waals surface area contributed by atoms with E-state index >= 15 is 0 Å². The van der Waals surface area contributed by atoms with Crippen LogP contribution in [0.5, 0.6) is 11.5 Å². The van der Waals surface area contributed by atoms with Crippen molar-refractivity contribution < 1.29 is 18.7 Å². The van der Waals surface area contributed by atoms with Gasteiger partial charge in [0.2, 0.25) is 0 Å². The highest BCUT2D eigenvalue weighted by atomic mass is 79.9. The Bertz CT molecular complexity index is 594. The van der Waals surface area contributed by atoms with Gasteiger partial charge in [0, 0.05) is 23.1 Å². The lowest BCUT2D eigenvalue weighted by Crippen LogP contribution is -2.40. The van der Waals surface area contributed by atoms with Gasteiger partial charge in [-0.3, -0.25) is 4.79 Å². The molecule has 0 N–H and O–H groups in total. The van der Waals surface area contributed by atoms with E-state index in [4.69, 9.17) is 13.9 Å². The van der Waals surface area contributed by atoms with E-state index in [0.717, 1.165) is 23.9 Å². The monoisotopic (exact) mass is 430 g/mol. The largest absolute Gasteiger partial charge is 0.493 e. The maximum absolute atomic E-state index is 12.5. The third-order valence-electron chi connectivity index (χ3n) is 4.84. The fraction of sp³-hybridized carbons (Fsp3) is 0.632. The first-order chi connectivity index (χ1) is 11.5. The number of hydrogen-bond donors (Lipinski definition) is 0. The lowest BCUT2D eigenvalue weighted by atomic mass is 10.0. The van der Waals surface area contributed by atoms with Crippen LogP contribution in [0, 0.1) is 0 Å². The van der Waals surface area contributed by atoms with Gasteiger partial charge in [0.05, 0.1) is 14.2 Å². The number of ketones is 1. The Hall–Kier alpha value is -0.853. The second kappa shape index (κ2) is 9.19. The number of unbranched alkanes of at least 4 members (excludes halogenated alkanes) is 1. The van der Waals surface area contributed by atoms with Crippen LogP contribution in [0.3, 0.4) is 0 Å². The average Bonchev–Trinajstić information content (AvgIpc) is 2.52. The molecule has 0 saturated carbocycles. The Morgan fingerprint density at radius 3 is 2.16 bits per heavy atom. The standard InChI is InChI=1S/C19H31BrO4Si/c1-19(2,3)25(6,7)24-11-9-8-10-16(21)14-12-17(22-4)18(23-5)13-15(14)20/h12-13H,8-11H2,1-7H3. The summed E-state index contributed by atoms with van der Waals surface area (Å²) in [7, 11) is 1.44. The molecule has 0 unspecified atom stereocenters. The van der Waals surface area contributed by atoms with Crippen LogP contribution in [0.2, 0.25) is 18.1 Å². The van der Waals surface area contributed by atoms with Crippen LogP contribution in [-0.4, -0.2) is 34.9 Å². The summed E-state index contributed by atoms with van der Waals surface area (Å²) in [5.74, 6) is 1.27. The highest BCUT2D eigenvalue weighted by Crippen LogP contribution is 2.37. The predicted octanol–water partition coefficient (Wildman–Crippen LogP) is 5.84. The molecule has 1 aromatic carbocycles. The zero-order valence-corrected chi connectivity index (χ0v) is 19.1. The number of hydrogen-bond acceptors (Lipinski definition) is 4. The highest BCUT2D eigenvalue weighted by molar-refractivity contribution is 9.10. The number of benzene rings is 1. The third-order valence-corrected chi connectivity index (χ3v) is 10.0. The molecule has 6 heteroatoms. The summed E-state index contributed by atoms with van der Waals surface area (Å²) in [4.78, 5) is 12.5. The fourth-order valence-electron chi connectivity index (χ4n) is 2.13. The van der Waals surface area contributed by atoms with E-state index in [-0.39, 0.29) is 10.8 Å². The lowest BCUT2D eigenvalue weighted by Gasteiger charge is -2.36. The Kier molecular flexibility index (Phi) is 8.16. The minimum absolute atomic E-state index is 0.0974. The van der Waals surface area contributed by atoms with Crippen molar-refractivity contribution in [2.75, 3.05) is 20.8 Å². The van der Waals surface area contributed by atoms with Gasteiger partial charge >= 0.3 is 0 Å². The first kappa shape index (κ1) is 22.2. The lowest BCUT2D eigenvalue weighted by molar-refractivity contribution is 0.0976. The number of methoxy groups -OCH3 is 2. The Morgan fingerprint density at radius 1 is 1.08 bits per heavy atom. The van der Waals surface area contributed by atoms with Crippen LogP contribution < -0.4 is 9.47 Å². The molecule has 1 aromatic rings. The summed E-state index contributed by atoms with van der Waals surface area (Å²) >= 11 is 3.45. The van der Waals surface area contributed by atoms with Crippen molar-refractivity contribution in [2.45, 2.75) is 58.2 Å². The molecule has 0 atom stereocenters. The van der Waals surface area contributed by atoms with E-state index in [1.807, 2.05) is 0 Å². The van der Waals surface area contributed by atoms with Gasteiger partial charge in [0.15, 0.2) is 25.6 Å². The molecule has 0 heterocycles. The van der Waals surface area contributed by atoms with E-state index < -0.39 is 8.32 Å². The number of ether oxygens (including phenoxy) is 2. The number of Topliss-reactive ketones (excluding diaryl/α,β-unsaturated/α-hetero) is 1. The Balaban J connectivity index is 2.56. The minimum atomic E-state index is -1.70. The zero-order chi connectivity index (χ0) is 19.3. The molecule has 142 valence electrons. The van der Waals surface area contributed by atoms with Crippen molar-refractivity contribution in [2.24, 2.45) is 0 Å². The summed E-state index contributed by atoms with van der Waals surface area (Å²) in [6.07, 6.45) is 2.20. The molecule has 0 aliphatic heterocycles. The maximum Gasteiger partial charge on any atom is 0.191 e. The van der Waals surface area contributed by atoms with Gasteiger partial charge in [-0.2, -0.15) is 0 Å². The minimum Gasteiger partial charge on any atom is -0.493 e. The van der Waals surface area contributed by atoms with E-state index in [2.05, 4.69) is 49.8 Å². The van der Waals surface area contributed by atoms with Crippen molar-refractivity contribution in [3.05, 3.63) is 22.2 Å². The van der Waals surface area contributed by atoms with Crippen LogP contribution in [0.1, 0.15) is 50.4 Å². The summed E-state index contributed by atoms with van der Waals surface area (Å²) in [6, 6.07) is 3.50. The molecule has 0 amide bonds. The SMILES string of the molecule is COc1cc(Br)c(C(=O)CCCCO[Si](C)(C)C(C)(C)C)cc1OC. The topological polar surface area (TPSA) is 44.8 Å². The Labute approximate surface area is 161 Å². The van der Waals surface area contributed by atoms with Gasteiger partial charge in [0.1, 0.15) is 0 Å². The summed E-state index contributed by atoms with van der Waals surface area (Å²) in [5, 5.41) is 0.216. The molecular formula is C19H31BrO4Si. The highest BCUT2D eigenvalue weighted by Gasteiger charge is 2.36. The molecule has 0 aliphatic rings. The van der Waals surface area contributed by atoms with Crippen molar-refractivity contribution in [3.63, 3.8) is 0 Å². The van der Waals surface area contributed by atoms with Gasteiger partial charge in [-0.25, -0.2) is 0 Å². The molecule has 25 heavy (non-hydrogen) atoms. The third kappa shape index (κ3) is 6.11. The van der Waals surface area contributed by atoms with Crippen molar-refractivity contribution in [1.82, 2.24) is 0 Å².